The summed E-state index contributed by atoms with van der Waals surface area (Å²) in [5.74, 6) is -0.220. The maximum atomic E-state index is 11.1. The van der Waals surface area contributed by atoms with Gasteiger partial charge in [-0.3, -0.25) is 10.1 Å². The zero-order chi connectivity index (χ0) is 15.0. The molecule has 108 valence electrons. The van der Waals surface area contributed by atoms with Gasteiger partial charge in [0.05, 0.1) is 24.7 Å². The number of nitro benzene ring substituents is 1. The summed E-state index contributed by atoms with van der Waals surface area (Å²) in [6, 6.07) is 4.13. The van der Waals surface area contributed by atoms with Crippen molar-refractivity contribution in [3.63, 3.8) is 0 Å². The number of carbonyl (C=O) groups excluding carboxylic acids is 1. The molecule has 0 N–H and O–H groups in total. The van der Waals surface area contributed by atoms with Crippen molar-refractivity contribution in [2.24, 2.45) is 0 Å². The third kappa shape index (κ3) is 4.69. The van der Waals surface area contributed by atoms with Crippen LogP contribution in [0.4, 0.5) is 5.69 Å². The van der Waals surface area contributed by atoms with Gasteiger partial charge in [0.2, 0.25) is 0 Å². The lowest BCUT2D eigenvalue weighted by Gasteiger charge is -2.08. The van der Waals surface area contributed by atoms with E-state index in [1.807, 2.05) is 0 Å². The monoisotopic (exact) mass is 281 g/mol. The number of methoxy groups -OCH3 is 2. The highest BCUT2D eigenvalue weighted by molar-refractivity contribution is 5.87. The molecule has 0 aromatic heterocycles. The summed E-state index contributed by atoms with van der Waals surface area (Å²) in [5, 5.41) is 10.7. The van der Waals surface area contributed by atoms with Crippen LogP contribution in [0, 0.1) is 10.1 Å². The SMILES string of the molecule is COCCOc1cc([N+](=O)[O-])ccc1C=CC(=O)OC. The van der Waals surface area contributed by atoms with Gasteiger partial charge in [0, 0.05) is 24.8 Å². The molecule has 0 amide bonds. The Morgan fingerprint density at radius 1 is 1.35 bits per heavy atom. The van der Waals surface area contributed by atoms with E-state index in [0.29, 0.717) is 17.9 Å². The summed E-state index contributed by atoms with van der Waals surface area (Å²) < 4.78 is 14.7. The summed E-state index contributed by atoms with van der Waals surface area (Å²) in [4.78, 5) is 21.3. The van der Waals surface area contributed by atoms with Crippen LogP contribution in [-0.2, 0) is 14.3 Å². The van der Waals surface area contributed by atoms with Crippen molar-refractivity contribution in [2.75, 3.05) is 27.4 Å². The number of hydrogen-bond acceptors (Lipinski definition) is 6. The van der Waals surface area contributed by atoms with Crippen LogP contribution in [0.5, 0.6) is 5.75 Å². The zero-order valence-electron chi connectivity index (χ0n) is 11.2. The molecule has 0 heterocycles. The lowest BCUT2D eigenvalue weighted by molar-refractivity contribution is -0.384. The van der Waals surface area contributed by atoms with Crippen LogP contribution in [0.25, 0.3) is 6.08 Å². The number of esters is 1. The smallest absolute Gasteiger partial charge is 0.330 e. The average Bonchev–Trinajstić information content (AvgIpc) is 2.45. The zero-order valence-corrected chi connectivity index (χ0v) is 11.2. The molecule has 1 aromatic rings. The van der Waals surface area contributed by atoms with Crippen LogP contribution in [0.1, 0.15) is 5.56 Å². The van der Waals surface area contributed by atoms with Gasteiger partial charge in [-0.15, -0.1) is 0 Å². The third-order valence-corrected chi connectivity index (χ3v) is 2.35. The molecule has 0 unspecified atom stereocenters. The molecule has 0 fully saturated rings. The first-order chi connectivity index (χ1) is 9.58. The van der Waals surface area contributed by atoms with Gasteiger partial charge in [-0.25, -0.2) is 4.79 Å². The predicted octanol–water partition coefficient (Wildman–Crippen LogP) is 1.81. The number of nitro groups is 1. The minimum atomic E-state index is -0.522. The number of non-ortho nitro benzene ring substituents is 1. The molecule has 0 aliphatic heterocycles. The minimum Gasteiger partial charge on any atom is -0.490 e. The largest absolute Gasteiger partial charge is 0.490 e. The Morgan fingerprint density at radius 3 is 2.70 bits per heavy atom. The van der Waals surface area contributed by atoms with E-state index in [-0.39, 0.29) is 12.3 Å². The van der Waals surface area contributed by atoms with E-state index < -0.39 is 10.9 Å². The first kappa shape index (κ1) is 15.6. The van der Waals surface area contributed by atoms with Crippen molar-refractivity contribution < 1.29 is 23.9 Å². The molecule has 0 atom stereocenters. The lowest BCUT2D eigenvalue weighted by Crippen LogP contribution is -2.05. The van der Waals surface area contributed by atoms with Crippen molar-refractivity contribution in [1.29, 1.82) is 0 Å². The Morgan fingerprint density at radius 2 is 2.10 bits per heavy atom. The Kier molecular flexibility index (Phi) is 6.18. The number of ether oxygens (including phenoxy) is 3. The average molecular weight is 281 g/mol. The molecule has 0 radical (unpaired) electrons. The highest BCUT2D eigenvalue weighted by Crippen LogP contribution is 2.26. The van der Waals surface area contributed by atoms with Gasteiger partial charge in [-0.1, -0.05) is 0 Å². The topological polar surface area (TPSA) is 87.9 Å². The first-order valence-corrected chi connectivity index (χ1v) is 5.74. The molecule has 0 aliphatic carbocycles. The van der Waals surface area contributed by atoms with E-state index in [2.05, 4.69) is 4.74 Å². The molecule has 0 bridgehead atoms. The van der Waals surface area contributed by atoms with Crippen molar-refractivity contribution in [1.82, 2.24) is 0 Å². The van der Waals surface area contributed by atoms with Gasteiger partial charge < -0.3 is 14.2 Å². The van der Waals surface area contributed by atoms with Crippen molar-refractivity contribution in [2.45, 2.75) is 0 Å². The van der Waals surface area contributed by atoms with Crippen LogP contribution in [0.15, 0.2) is 24.3 Å². The van der Waals surface area contributed by atoms with Crippen LogP contribution >= 0.6 is 0 Å². The fraction of sp³-hybridized carbons (Fsp3) is 0.308. The van der Waals surface area contributed by atoms with Crippen LogP contribution < -0.4 is 4.74 Å². The highest BCUT2D eigenvalue weighted by Gasteiger charge is 2.10. The second kappa shape index (κ2) is 7.90. The molecular weight excluding hydrogens is 266 g/mol. The third-order valence-electron chi connectivity index (χ3n) is 2.35. The summed E-state index contributed by atoms with van der Waals surface area (Å²) in [5.41, 5.74) is 0.449. The van der Waals surface area contributed by atoms with Gasteiger partial charge in [0.15, 0.2) is 0 Å². The minimum absolute atomic E-state index is 0.0902. The molecule has 0 saturated carbocycles. The van der Waals surface area contributed by atoms with E-state index in [0.717, 1.165) is 0 Å². The molecule has 0 spiro atoms. The Bertz CT molecular complexity index is 512. The summed E-state index contributed by atoms with van der Waals surface area (Å²) in [7, 11) is 2.79. The number of benzene rings is 1. The standard InChI is InChI=1S/C13H15NO6/c1-18-7-8-20-12-9-11(14(16)17)5-3-10(12)4-6-13(15)19-2/h3-6,9H,7-8H2,1-2H3. The van der Waals surface area contributed by atoms with Crippen LogP contribution in [0.3, 0.4) is 0 Å². The van der Waals surface area contributed by atoms with Gasteiger partial charge >= 0.3 is 5.97 Å². The summed E-state index contributed by atoms with van der Waals surface area (Å²) in [6.45, 7) is 0.597. The Labute approximate surface area is 115 Å². The maximum absolute atomic E-state index is 11.1. The van der Waals surface area contributed by atoms with E-state index in [9.17, 15) is 14.9 Å². The van der Waals surface area contributed by atoms with Crippen molar-refractivity contribution in [3.05, 3.63) is 40.0 Å². The fourth-order valence-corrected chi connectivity index (χ4v) is 1.36. The first-order valence-electron chi connectivity index (χ1n) is 5.74. The quantitative estimate of drug-likeness (QED) is 0.249. The second-order valence-electron chi connectivity index (χ2n) is 3.68. The molecule has 1 rings (SSSR count). The maximum Gasteiger partial charge on any atom is 0.330 e. The van der Waals surface area contributed by atoms with Gasteiger partial charge in [-0.05, 0) is 12.1 Å². The molecule has 0 saturated heterocycles. The van der Waals surface area contributed by atoms with Crippen LogP contribution in [-0.4, -0.2) is 38.3 Å². The number of hydrogen-bond donors (Lipinski definition) is 0. The Hall–Kier alpha value is -2.41. The number of nitrogens with zero attached hydrogens (tertiary/aromatic N) is 1. The summed E-state index contributed by atoms with van der Waals surface area (Å²) >= 11 is 0. The molecular formula is C13H15NO6. The molecule has 7 nitrogen and oxygen atoms in total. The molecule has 1 aromatic carbocycles. The van der Waals surface area contributed by atoms with Gasteiger partial charge in [0.1, 0.15) is 12.4 Å². The predicted molar refractivity (Wildman–Crippen MR) is 71.5 cm³/mol. The number of carbonyl (C=O) groups is 1. The summed E-state index contributed by atoms with van der Waals surface area (Å²) in [6.07, 6.45) is 2.68. The van der Waals surface area contributed by atoms with E-state index in [1.165, 1.54) is 44.6 Å². The van der Waals surface area contributed by atoms with Crippen molar-refractivity contribution >= 4 is 17.7 Å². The van der Waals surface area contributed by atoms with Crippen LogP contribution in [0.2, 0.25) is 0 Å². The van der Waals surface area contributed by atoms with Crippen molar-refractivity contribution in [3.8, 4) is 5.75 Å². The van der Waals surface area contributed by atoms with Gasteiger partial charge in [0.25, 0.3) is 5.69 Å². The molecule has 7 heteroatoms. The normalized spacial score (nSPS) is 10.5. The van der Waals surface area contributed by atoms with E-state index >= 15 is 0 Å². The van der Waals surface area contributed by atoms with E-state index in [1.54, 1.807) is 0 Å². The van der Waals surface area contributed by atoms with Gasteiger partial charge in [-0.2, -0.15) is 0 Å². The highest BCUT2D eigenvalue weighted by atomic mass is 16.6. The molecule has 20 heavy (non-hydrogen) atoms. The number of rotatable bonds is 7. The second-order valence-corrected chi connectivity index (χ2v) is 3.68. The lowest BCUT2D eigenvalue weighted by atomic mass is 10.1. The Balaban J connectivity index is 2.98. The van der Waals surface area contributed by atoms with E-state index in [4.69, 9.17) is 9.47 Å². The molecule has 0 aliphatic rings. The fourth-order valence-electron chi connectivity index (χ4n) is 1.36.